The van der Waals surface area contributed by atoms with Gasteiger partial charge >= 0.3 is 0 Å². The zero-order chi connectivity index (χ0) is 14.3. The lowest BCUT2D eigenvalue weighted by Gasteiger charge is -2.28. The van der Waals surface area contributed by atoms with Crippen LogP contribution in [0.25, 0.3) is 0 Å². The molecule has 0 aliphatic carbocycles. The zero-order valence-corrected chi connectivity index (χ0v) is 13.4. The maximum absolute atomic E-state index is 9.54. The van der Waals surface area contributed by atoms with E-state index >= 15 is 0 Å². The fraction of sp³-hybridized carbons (Fsp3) is 0.625. The fourth-order valence-corrected chi connectivity index (χ4v) is 3.24. The quantitative estimate of drug-likeness (QED) is 0.715. The van der Waals surface area contributed by atoms with Crippen LogP contribution >= 0.6 is 11.8 Å². The summed E-state index contributed by atoms with van der Waals surface area (Å²) in [7, 11) is 0. The first-order valence-electron chi connectivity index (χ1n) is 7.06. The van der Waals surface area contributed by atoms with Crippen molar-refractivity contribution in [2.75, 3.05) is 18.9 Å². The van der Waals surface area contributed by atoms with Crippen molar-refractivity contribution in [1.29, 1.82) is 0 Å². The lowest BCUT2D eigenvalue weighted by molar-refractivity contribution is 0.171. The van der Waals surface area contributed by atoms with E-state index in [1.807, 2.05) is 11.8 Å². The second kappa shape index (κ2) is 7.93. The van der Waals surface area contributed by atoms with Crippen LogP contribution in [0.5, 0.6) is 0 Å². The summed E-state index contributed by atoms with van der Waals surface area (Å²) in [6, 6.07) is 6.58. The number of rotatable bonds is 8. The lowest BCUT2D eigenvalue weighted by Crippen LogP contribution is -2.46. The molecule has 0 aliphatic rings. The largest absolute Gasteiger partial charge is 0.394 e. The Hall–Kier alpha value is -0.510. The van der Waals surface area contributed by atoms with E-state index in [4.69, 9.17) is 0 Å². The molecular weight excluding hydrogens is 254 g/mol. The van der Waals surface area contributed by atoms with E-state index in [0.29, 0.717) is 0 Å². The maximum Gasteiger partial charge on any atom is 0.0610 e. The minimum atomic E-state index is -0.152. The normalized spacial score (nSPS) is 14.4. The van der Waals surface area contributed by atoms with Crippen molar-refractivity contribution in [3.63, 3.8) is 0 Å². The van der Waals surface area contributed by atoms with Gasteiger partial charge in [0.25, 0.3) is 0 Å². The van der Waals surface area contributed by atoms with E-state index in [1.54, 1.807) is 0 Å². The SMILES string of the molecule is CCCNC(C)(CO)CCSc1cc(C)ccc1C. The van der Waals surface area contributed by atoms with Crippen LogP contribution in [0.3, 0.4) is 0 Å². The first kappa shape index (κ1) is 16.5. The predicted octanol–water partition coefficient (Wildman–Crippen LogP) is 3.54. The van der Waals surface area contributed by atoms with Gasteiger partial charge in [-0.15, -0.1) is 11.8 Å². The molecule has 108 valence electrons. The molecule has 0 aromatic heterocycles. The van der Waals surface area contributed by atoms with Crippen LogP contribution in [0.2, 0.25) is 0 Å². The van der Waals surface area contributed by atoms with Crippen LogP contribution in [0.1, 0.15) is 37.8 Å². The zero-order valence-electron chi connectivity index (χ0n) is 12.6. The van der Waals surface area contributed by atoms with Crippen LogP contribution in [-0.4, -0.2) is 29.5 Å². The van der Waals surface area contributed by atoms with Crippen molar-refractivity contribution >= 4 is 11.8 Å². The molecule has 0 spiro atoms. The van der Waals surface area contributed by atoms with Crippen LogP contribution in [0.4, 0.5) is 0 Å². The molecule has 0 fully saturated rings. The van der Waals surface area contributed by atoms with Gasteiger partial charge in [-0.3, -0.25) is 0 Å². The van der Waals surface area contributed by atoms with Crippen molar-refractivity contribution in [3.05, 3.63) is 29.3 Å². The van der Waals surface area contributed by atoms with Gasteiger partial charge < -0.3 is 10.4 Å². The van der Waals surface area contributed by atoms with Crippen LogP contribution in [-0.2, 0) is 0 Å². The van der Waals surface area contributed by atoms with Gasteiger partial charge in [-0.05, 0) is 57.5 Å². The Morgan fingerprint density at radius 1 is 1.32 bits per heavy atom. The summed E-state index contributed by atoms with van der Waals surface area (Å²) in [5.41, 5.74) is 2.49. The van der Waals surface area contributed by atoms with Crippen molar-refractivity contribution in [2.45, 2.75) is 51.0 Å². The Bertz CT molecular complexity index is 394. The lowest BCUT2D eigenvalue weighted by atomic mass is 10.0. The van der Waals surface area contributed by atoms with Crippen molar-refractivity contribution < 1.29 is 5.11 Å². The molecule has 0 saturated carbocycles. The molecule has 0 bridgehead atoms. The summed E-state index contributed by atoms with van der Waals surface area (Å²) in [6.07, 6.45) is 2.07. The van der Waals surface area contributed by atoms with Gasteiger partial charge in [0.15, 0.2) is 0 Å². The van der Waals surface area contributed by atoms with E-state index in [-0.39, 0.29) is 12.1 Å². The molecule has 1 aromatic rings. The third-order valence-electron chi connectivity index (χ3n) is 3.41. The maximum atomic E-state index is 9.54. The highest BCUT2D eigenvalue weighted by atomic mass is 32.2. The second-order valence-corrected chi connectivity index (χ2v) is 6.65. The van der Waals surface area contributed by atoms with Crippen molar-refractivity contribution in [1.82, 2.24) is 5.32 Å². The third kappa shape index (κ3) is 5.55. The third-order valence-corrected chi connectivity index (χ3v) is 4.56. The number of benzene rings is 1. The molecule has 0 amide bonds. The number of thioether (sulfide) groups is 1. The van der Waals surface area contributed by atoms with Crippen LogP contribution in [0.15, 0.2) is 23.1 Å². The summed E-state index contributed by atoms with van der Waals surface area (Å²) >= 11 is 1.89. The van der Waals surface area contributed by atoms with Gasteiger partial charge in [-0.25, -0.2) is 0 Å². The topological polar surface area (TPSA) is 32.3 Å². The summed E-state index contributed by atoms with van der Waals surface area (Å²) in [5, 5.41) is 13.0. The first-order chi connectivity index (χ1) is 9.00. The predicted molar refractivity (Wildman–Crippen MR) is 85.0 cm³/mol. The van der Waals surface area contributed by atoms with Gasteiger partial charge in [0, 0.05) is 10.4 Å². The Morgan fingerprint density at radius 2 is 2.05 bits per heavy atom. The minimum absolute atomic E-state index is 0.152. The Morgan fingerprint density at radius 3 is 2.68 bits per heavy atom. The van der Waals surface area contributed by atoms with E-state index in [9.17, 15) is 5.11 Å². The van der Waals surface area contributed by atoms with Gasteiger partial charge in [-0.2, -0.15) is 0 Å². The molecule has 1 unspecified atom stereocenters. The smallest absolute Gasteiger partial charge is 0.0610 e. The summed E-state index contributed by atoms with van der Waals surface area (Å²) < 4.78 is 0. The van der Waals surface area contributed by atoms with E-state index < -0.39 is 0 Å². The summed E-state index contributed by atoms with van der Waals surface area (Å²) in [4.78, 5) is 1.36. The van der Waals surface area contributed by atoms with Gasteiger partial charge in [0.1, 0.15) is 0 Å². The monoisotopic (exact) mass is 281 g/mol. The minimum Gasteiger partial charge on any atom is -0.394 e. The molecule has 19 heavy (non-hydrogen) atoms. The highest BCUT2D eigenvalue weighted by Crippen LogP contribution is 2.26. The van der Waals surface area contributed by atoms with Crippen molar-refractivity contribution in [3.8, 4) is 0 Å². The molecule has 2 nitrogen and oxygen atoms in total. The molecule has 0 aliphatic heterocycles. The van der Waals surface area contributed by atoms with Gasteiger partial charge in [0.05, 0.1) is 6.61 Å². The summed E-state index contributed by atoms with van der Waals surface area (Å²) in [5.74, 6) is 1.03. The molecule has 1 rings (SSSR count). The van der Waals surface area contributed by atoms with E-state index in [2.05, 4.69) is 51.2 Å². The first-order valence-corrected chi connectivity index (χ1v) is 8.05. The molecule has 2 N–H and O–H groups in total. The standard InChI is InChI=1S/C16H27NOS/c1-5-9-17-16(4,12-18)8-10-19-15-11-13(2)6-7-14(15)3/h6-7,11,17-18H,5,8-10,12H2,1-4H3. The van der Waals surface area contributed by atoms with E-state index in [0.717, 1.165) is 25.1 Å². The second-order valence-electron chi connectivity index (χ2n) is 5.51. The van der Waals surface area contributed by atoms with Crippen LogP contribution in [0, 0.1) is 13.8 Å². The fourth-order valence-electron chi connectivity index (χ4n) is 1.90. The molecule has 0 saturated heterocycles. The van der Waals surface area contributed by atoms with Gasteiger partial charge in [0.2, 0.25) is 0 Å². The Kier molecular flexibility index (Phi) is 6.90. The Balaban J connectivity index is 2.50. The average Bonchev–Trinajstić information content (AvgIpc) is 2.40. The average molecular weight is 281 g/mol. The molecule has 0 radical (unpaired) electrons. The highest BCUT2D eigenvalue weighted by Gasteiger charge is 2.21. The number of nitrogens with one attached hydrogen (secondary N) is 1. The molecule has 3 heteroatoms. The number of aliphatic hydroxyl groups excluding tert-OH is 1. The van der Waals surface area contributed by atoms with Gasteiger partial charge in [-0.1, -0.05) is 24.6 Å². The van der Waals surface area contributed by atoms with E-state index in [1.165, 1.54) is 16.0 Å². The highest BCUT2D eigenvalue weighted by molar-refractivity contribution is 7.99. The summed E-state index contributed by atoms with van der Waals surface area (Å²) in [6.45, 7) is 9.69. The molecule has 1 atom stereocenters. The Labute approximate surface area is 122 Å². The molecule has 1 aromatic carbocycles. The number of hydrogen-bond donors (Lipinski definition) is 2. The number of aliphatic hydroxyl groups is 1. The number of hydrogen-bond acceptors (Lipinski definition) is 3. The molecule has 0 heterocycles. The number of aryl methyl sites for hydroxylation is 2. The molecular formula is C16H27NOS. The van der Waals surface area contributed by atoms with Crippen molar-refractivity contribution in [2.24, 2.45) is 0 Å². The van der Waals surface area contributed by atoms with Crippen LogP contribution < -0.4 is 5.32 Å².